The van der Waals surface area contributed by atoms with Gasteiger partial charge in [0, 0.05) is 0 Å². The SMILES string of the molecule is O=C(COC(=O)C1=COCCO1)Nc1nc2ccccc2s1. The van der Waals surface area contributed by atoms with Gasteiger partial charge in [0.15, 0.2) is 11.7 Å². The maximum absolute atomic E-state index is 11.8. The van der Waals surface area contributed by atoms with Gasteiger partial charge in [-0.3, -0.25) is 10.1 Å². The van der Waals surface area contributed by atoms with Crippen LogP contribution >= 0.6 is 11.3 Å². The summed E-state index contributed by atoms with van der Waals surface area (Å²) in [6, 6.07) is 7.53. The number of carbonyl (C=O) groups excluding carboxylic acids is 2. The van der Waals surface area contributed by atoms with E-state index in [1.807, 2.05) is 24.3 Å². The highest BCUT2D eigenvalue weighted by atomic mass is 32.1. The van der Waals surface area contributed by atoms with Crippen LogP contribution in [0.1, 0.15) is 0 Å². The average molecular weight is 320 g/mol. The molecule has 7 nitrogen and oxygen atoms in total. The van der Waals surface area contributed by atoms with Gasteiger partial charge in [-0.25, -0.2) is 9.78 Å². The Morgan fingerprint density at radius 3 is 2.95 bits per heavy atom. The second-order valence-corrected chi connectivity index (χ2v) is 5.34. The molecule has 22 heavy (non-hydrogen) atoms. The van der Waals surface area contributed by atoms with Crippen molar-refractivity contribution in [2.75, 3.05) is 25.1 Å². The number of hydrogen-bond donors (Lipinski definition) is 1. The first-order chi connectivity index (χ1) is 10.7. The van der Waals surface area contributed by atoms with Crippen molar-refractivity contribution in [3.05, 3.63) is 36.3 Å². The van der Waals surface area contributed by atoms with Crippen LogP contribution in [0, 0.1) is 0 Å². The Labute approximate surface area is 129 Å². The molecule has 0 bridgehead atoms. The van der Waals surface area contributed by atoms with E-state index in [2.05, 4.69) is 10.3 Å². The number of nitrogens with one attached hydrogen (secondary N) is 1. The number of rotatable bonds is 4. The van der Waals surface area contributed by atoms with Crippen LogP contribution < -0.4 is 5.32 Å². The fourth-order valence-electron chi connectivity index (χ4n) is 1.76. The van der Waals surface area contributed by atoms with Crippen LogP contribution in [0.25, 0.3) is 10.2 Å². The molecule has 1 amide bonds. The summed E-state index contributed by atoms with van der Waals surface area (Å²) < 4.78 is 15.8. The van der Waals surface area contributed by atoms with Gasteiger partial charge in [0.1, 0.15) is 19.5 Å². The predicted octanol–water partition coefficient (Wildman–Crippen LogP) is 1.67. The minimum absolute atomic E-state index is 0.0426. The first-order valence-electron chi connectivity index (χ1n) is 6.49. The number of esters is 1. The van der Waals surface area contributed by atoms with Gasteiger partial charge in [0.2, 0.25) is 5.76 Å². The van der Waals surface area contributed by atoms with Crippen LogP contribution in [0.3, 0.4) is 0 Å². The topological polar surface area (TPSA) is 86.8 Å². The van der Waals surface area contributed by atoms with Crippen LogP contribution in [0.4, 0.5) is 5.13 Å². The van der Waals surface area contributed by atoms with E-state index in [0.717, 1.165) is 10.2 Å². The van der Waals surface area contributed by atoms with Crippen molar-refractivity contribution in [2.24, 2.45) is 0 Å². The Balaban J connectivity index is 1.54. The van der Waals surface area contributed by atoms with Crippen LogP contribution in [0.15, 0.2) is 36.3 Å². The number of anilines is 1. The van der Waals surface area contributed by atoms with E-state index in [1.54, 1.807) is 0 Å². The Morgan fingerprint density at radius 1 is 1.32 bits per heavy atom. The van der Waals surface area contributed by atoms with Gasteiger partial charge in [0.05, 0.1) is 10.2 Å². The van der Waals surface area contributed by atoms with Gasteiger partial charge < -0.3 is 14.2 Å². The van der Waals surface area contributed by atoms with Crippen molar-refractivity contribution >= 4 is 38.6 Å². The molecule has 1 N–H and O–H groups in total. The lowest BCUT2D eigenvalue weighted by atomic mass is 10.3. The van der Waals surface area contributed by atoms with E-state index in [0.29, 0.717) is 11.7 Å². The molecule has 3 rings (SSSR count). The van der Waals surface area contributed by atoms with Gasteiger partial charge in [-0.05, 0) is 12.1 Å². The van der Waals surface area contributed by atoms with Gasteiger partial charge >= 0.3 is 5.97 Å². The van der Waals surface area contributed by atoms with Crippen molar-refractivity contribution in [3.8, 4) is 0 Å². The third-order valence-corrected chi connectivity index (χ3v) is 3.68. The molecule has 1 aliphatic heterocycles. The zero-order chi connectivity index (χ0) is 15.4. The molecule has 0 saturated carbocycles. The highest BCUT2D eigenvalue weighted by Crippen LogP contribution is 2.25. The highest BCUT2D eigenvalue weighted by molar-refractivity contribution is 7.22. The van der Waals surface area contributed by atoms with Gasteiger partial charge in [0.25, 0.3) is 5.91 Å². The standard InChI is InChI=1S/C14H12N2O5S/c17-12(8-21-13(18)10-7-19-5-6-20-10)16-14-15-9-3-1-2-4-11(9)22-14/h1-4,7H,5-6,8H2,(H,15,16,17). The van der Waals surface area contributed by atoms with E-state index in [1.165, 1.54) is 17.6 Å². The van der Waals surface area contributed by atoms with Crippen molar-refractivity contribution < 1.29 is 23.8 Å². The molecule has 1 aliphatic rings. The zero-order valence-electron chi connectivity index (χ0n) is 11.4. The Hall–Kier alpha value is -2.61. The van der Waals surface area contributed by atoms with Crippen molar-refractivity contribution in [1.29, 1.82) is 0 Å². The normalized spacial score (nSPS) is 13.7. The molecule has 0 spiro atoms. The molecule has 0 radical (unpaired) electrons. The monoisotopic (exact) mass is 320 g/mol. The van der Waals surface area contributed by atoms with Crippen LogP contribution in [-0.4, -0.2) is 36.7 Å². The summed E-state index contributed by atoms with van der Waals surface area (Å²) in [5.41, 5.74) is 0.803. The van der Waals surface area contributed by atoms with E-state index >= 15 is 0 Å². The number of fused-ring (bicyclic) bond motifs is 1. The Morgan fingerprint density at radius 2 is 2.18 bits per heavy atom. The molecule has 8 heteroatoms. The number of thiazole rings is 1. The minimum Gasteiger partial charge on any atom is -0.493 e. The molecule has 114 valence electrons. The van der Waals surface area contributed by atoms with Crippen LogP contribution in [0.5, 0.6) is 0 Å². The fraction of sp³-hybridized carbons (Fsp3) is 0.214. The highest BCUT2D eigenvalue weighted by Gasteiger charge is 2.18. The zero-order valence-corrected chi connectivity index (χ0v) is 12.2. The van der Waals surface area contributed by atoms with Crippen molar-refractivity contribution in [2.45, 2.75) is 0 Å². The lowest BCUT2D eigenvalue weighted by molar-refractivity contribution is -0.148. The lowest BCUT2D eigenvalue weighted by Gasteiger charge is -2.14. The molecule has 1 aromatic heterocycles. The summed E-state index contributed by atoms with van der Waals surface area (Å²) in [6.07, 6.45) is 1.18. The van der Waals surface area contributed by atoms with E-state index in [9.17, 15) is 9.59 Å². The number of benzene rings is 1. The first-order valence-corrected chi connectivity index (χ1v) is 7.31. The number of para-hydroxylation sites is 1. The quantitative estimate of drug-likeness (QED) is 0.862. The molecule has 0 aliphatic carbocycles. The maximum Gasteiger partial charge on any atom is 0.377 e. The summed E-state index contributed by atoms with van der Waals surface area (Å²) in [6.45, 7) is 0.239. The maximum atomic E-state index is 11.8. The third kappa shape index (κ3) is 3.34. The average Bonchev–Trinajstić information content (AvgIpc) is 2.95. The van der Waals surface area contributed by atoms with Gasteiger partial charge in [-0.1, -0.05) is 23.5 Å². The number of aromatic nitrogens is 1. The molecule has 0 unspecified atom stereocenters. The van der Waals surface area contributed by atoms with Crippen molar-refractivity contribution in [1.82, 2.24) is 4.98 Å². The minimum atomic E-state index is -0.737. The number of amides is 1. The summed E-state index contributed by atoms with van der Waals surface area (Å²) >= 11 is 1.35. The summed E-state index contributed by atoms with van der Waals surface area (Å²) in [4.78, 5) is 27.6. The molecular weight excluding hydrogens is 308 g/mol. The van der Waals surface area contributed by atoms with E-state index in [-0.39, 0.29) is 12.4 Å². The molecular formula is C14H12N2O5S. The number of carbonyl (C=O) groups is 2. The van der Waals surface area contributed by atoms with E-state index in [4.69, 9.17) is 14.2 Å². The molecule has 0 saturated heterocycles. The number of nitrogens with zero attached hydrogens (tertiary/aromatic N) is 1. The van der Waals surface area contributed by atoms with E-state index < -0.39 is 18.5 Å². The Kier molecular flexibility index (Phi) is 4.19. The Bertz CT molecular complexity index is 707. The van der Waals surface area contributed by atoms with Crippen LogP contribution in [-0.2, 0) is 23.8 Å². The first kappa shape index (κ1) is 14.3. The number of ether oxygens (including phenoxy) is 3. The lowest BCUT2D eigenvalue weighted by Crippen LogP contribution is -2.23. The number of hydrogen-bond acceptors (Lipinski definition) is 7. The van der Waals surface area contributed by atoms with Gasteiger partial charge in [-0.15, -0.1) is 0 Å². The molecule has 0 fully saturated rings. The summed E-state index contributed by atoms with van der Waals surface area (Å²) in [7, 11) is 0. The predicted molar refractivity (Wildman–Crippen MR) is 79.2 cm³/mol. The smallest absolute Gasteiger partial charge is 0.377 e. The van der Waals surface area contributed by atoms with Crippen LogP contribution in [0.2, 0.25) is 0 Å². The fourth-order valence-corrected chi connectivity index (χ4v) is 2.64. The summed E-state index contributed by atoms with van der Waals surface area (Å²) in [5.74, 6) is -1.25. The molecule has 2 aromatic rings. The third-order valence-electron chi connectivity index (χ3n) is 2.72. The molecule has 0 atom stereocenters. The largest absolute Gasteiger partial charge is 0.493 e. The van der Waals surface area contributed by atoms with Crippen molar-refractivity contribution in [3.63, 3.8) is 0 Å². The second kappa shape index (κ2) is 6.44. The van der Waals surface area contributed by atoms with Gasteiger partial charge in [-0.2, -0.15) is 0 Å². The molecule has 1 aromatic carbocycles. The molecule has 2 heterocycles. The summed E-state index contributed by atoms with van der Waals surface area (Å²) in [5, 5.41) is 3.05. The second-order valence-electron chi connectivity index (χ2n) is 4.31.